The number of hydrogen-bond acceptors (Lipinski definition) is 5. The third-order valence-corrected chi connectivity index (χ3v) is 6.48. The largest absolute Gasteiger partial charge is 0.481 e. The minimum absolute atomic E-state index is 0.112. The number of hydrogen-bond donors (Lipinski definition) is 1. The molecule has 1 aromatic carbocycles. The fourth-order valence-corrected chi connectivity index (χ4v) is 4.32. The fraction of sp³-hybridized carbons (Fsp3) is 0.321. The van der Waals surface area contributed by atoms with E-state index in [4.69, 9.17) is 9.47 Å². The van der Waals surface area contributed by atoms with Gasteiger partial charge in [-0.3, -0.25) is 4.98 Å². The maximum absolute atomic E-state index is 12.7. The van der Waals surface area contributed by atoms with E-state index in [2.05, 4.69) is 40.4 Å². The number of carbonyl (C=O) groups excluding carboxylic acids is 1. The van der Waals surface area contributed by atoms with Crippen LogP contribution in [0, 0.1) is 5.92 Å². The van der Waals surface area contributed by atoms with Crippen molar-refractivity contribution in [1.82, 2.24) is 14.9 Å². The highest BCUT2D eigenvalue weighted by molar-refractivity contribution is 5.89. The van der Waals surface area contributed by atoms with Gasteiger partial charge < -0.3 is 19.7 Å². The molecular formula is C28H30N4O3. The summed E-state index contributed by atoms with van der Waals surface area (Å²) in [6.07, 6.45) is 8.93. The molecule has 2 fully saturated rings. The van der Waals surface area contributed by atoms with E-state index >= 15 is 0 Å². The maximum atomic E-state index is 12.7. The first-order valence-electron chi connectivity index (χ1n) is 12.1. The van der Waals surface area contributed by atoms with Gasteiger partial charge in [0, 0.05) is 30.8 Å². The smallest absolute Gasteiger partial charge is 0.321 e. The van der Waals surface area contributed by atoms with Gasteiger partial charge in [-0.15, -0.1) is 0 Å². The summed E-state index contributed by atoms with van der Waals surface area (Å²) in [5.41, 5.74) is 4.23. The van der Waals surface area contributed by atoms with Crippen molar-refractivity contribution in [3.8, 4) is 17.4 Å². The average Bonchev–Trinajstić information content (AvgIpc) is 3.72. The van der Waals surface area contributed by atoms with Gasteiger partial charge in [-0.1, -0.05) is 30.7 Å². The van der Waals surface area contributed by atoms with Gasteiger partial charge in [0.1, 0.15) is 11.5 Å². The Morgan fingerprint density at radius 3 is 2.66 bits per heavy atom. The van der Waals surface area contributed by atoms with Gasteiger partial charge in [0.05, 0.1) is 25.2 Å². The van der Waals surface area contributed by atoms with Crippen molar-refractivity contribution in [2.75, 3.05) is 25.5 Å². The van der Waals surface area contributed by atoms with E-state index < -0.39 is 0 Å². The number of anilines is 1. The second-order valence-corrected chi connectivity index (χ2v) is 9.20. The molecular weight excluding hydrogens is 440 g/mol. The first-order chi connectivity index (χ1) is 17.1. The number of carbonyl (C=O) groups is 1. The number of pyridine rings is 2. The van der Waals surface area contributed by atoms with Crippen molar-refractivity contribution in [3.63, 3.8) is 0 Å². The van der Waals surface area contributed by atoms with Crippen LogP contribution < -0.4 is 14.8 Å². The van der Waals surface area contributed by atoms with Crippen LogP contribution in [0.25, 0.3) is 6.08 Å². The van der Waals surface area contributed by atoms with E-state index in [1.54, 1.807) is 25.4 Å². The molecule has 7 nitrogen and oxygen atoms in total. The predicted molar refractivity (Wildman–Crippen MR) is 136 cm³/mol. The molecule has 35 heavy (non-hydrogen) atoms. The van der Waals surface area contributed by atoms with Gasteiger partial charge >= 0.3 is 6.03 Å². The normalized spacial score (nSPS) is 18.9. The second-order valence-electron chi connectivity index (χ2n) is 9.20. The fourth-order valence-electron chi connectivity index (χ4n) is 4.32. The Labute approximate surface area is 205 Å². The standard InChI is InChI=1S/C28H30N4O3/c1-19-18-32(28(33)31-23-8-11-27(34-2)30-16-23)13-12-22(19)14-20-4-3-5-24(15-20)35-25-9-10-26(29-17-25)21-6-7-21/h3-5,8-11,14-17,19,21H,6-7,12-13,18H2,1-2H3,(H,31,33). The molecule has 3 aromatic rings. The minimum atomic E-state index is -0.112. The summed E-state index contributed by atoms with van der Waals surface area (Å²) in [6.45, 7) is 3.49. The molecule has 0 bridgehead atoms. The van der Waals surface area contributed by atoms with Crippen molar-refractivity contribution in [2.24, 2.45) is 5.92 Å². The van der Waals surface area contributed by atoms with E-state index in [0.717, 1.165) is 29.2 Å². The lowest BCUT2D eigenvalue weighted by atomic mass is 9.91. The van der Waals surface area contributed by atoms with Crippen LogP contribution in [0.15, 0.2) is 66.5 Å². The highest BCUT2D eigenvalue weighted by atomic mass is 16.5. The van der Waals surface area contributed by atoms with Crippen molar-refractivity contribution < 1.29 is 14.3 Å². The third kappa shape index (κ3) is 5.80. The summed E-state index contributed by atoms with van der Waals surface area (Å²) in [5.74, 6) is 2.95. The lowest BCUT2D eigenvalue weighted by Gasteiger charge is -2.33. The number of methoxy groups -OCH3 is 1. The number of ether oxygens (including phenoxy) is 2. The van der Waals surface area contributed by atoms with Crippen LogP contribution in [-0.2, 0) is 0 Å². The molecule has 1 N–H and O–H groups in total. The summed E-state index contributed by atoms with van der Waals surface area (Å²) < 4.78 is 11.1. The van der Waals surface area contributed by atoms with E-state index in [-0.39, 0.29) is 11.9 Å². The molecule has 0 radical (unpaired) electrons. The molecule has 1 aliphatic heterocycles. The van der Waals surface area contributed by atoms with Crippen LogP contribution in [0.4, 0.5) is 10.5 Å². The summed E-state index contributed by atoms with van der Waals surface area (Å²) in [4.78, 5) is 23.3. The molecule has 2 aromatic heterocycles. The first kappa shape index (κ1) is 22.9. The monoisotopic (exact) mass is 470 g/mol. The Kier molecular flexibility index (Phi) is 6.66. The summed E-state index contributed by atoms with van der Waals surface area (Å²) >= 11 is 0. The van der Waals surface area contributed by atoms with Crippen LogP contribution in [0.3, 0.4) is 0 Å². The SMILES string of the molecule is COc1ccc(NC(=O)N2CCC(=Cc3cccc(Oc4ccc(C5CC5)nc4)c3)C(C)C2)cn1. The van der Waals surface area contributed by atoms with Crippen molar-refractivity contribution in [2.45, 2.75) is 32.1 Å². The van der Waals surface area contributed by atoms with Crippen molar-refractivity contribution in [1.29, 1.82) is 0 Å². The third-order valence-electron chi connectivity index (χ3n) is 6.48. The number of benzene rings is 1. The van der Waals surface area contributed by atoms with E-state index in [1.165, 1.54) is 18.4 Å². The van der Waals surface area contributed by atoms with Crippen LogP contribution >= 0.6 is 0 Å². The Morgan fingerprint density at radius 1 is 1.09 bits per heavy atom. The zero-order valence-electron chi connectivity index (χ0n) is 20.1. The van der Waals surface area contributed by atoms with Gasteiger partial charge in [0.15, 0.2) is 0 Å². The van der Waals surface area contributed by atoms with Crippen LogP contribution in [0.5, 0.6) is 17.4 Å². The topological polar surface area (TPSA) is 76.6 Å². The lowest BCUT2D eigenvalue weighted by Crippen LogP contribution is -2.42. The van der Waals surface area contributed by atoms with Crippen LogP contribution in [-0.4, -0.2) is 41.1 Å². The summed E-state index contributed by atoms with van der Waals surface area (Å²) in [5, 5.41) is 2.92. The van der Waals surface area contributed by atoms with Gasteiger partial charge in [0.25, 0.3) is 0 Å². The van der Waals surface area contributed by atoms with Crippen molar-refractivity contribution >= 4 is 17.8 Å². The number of amides is 2. The molecule has 2 aliphatic rings. The maximum Gasteiger partial charge on any atom is 0.321 e. The summed E-state index contributed by atoms with van der Waals surface area (Å²) in [7, 11) is 1.56. The molecule has 1 saturated carbocycles. The predicted octanol–water partition coefficient (Wildman–Crippen LogP) is 6.11. The number of nitrogens with one attached hydrogen (secondary N) is 1. The second kappa shape index (κ2) is 10.2. The molecule has 5 rings (SSSR count). The highest BCUT2D eigenvalue weighted by Crippen LogP contribution is 2.39. The minimum Gasteiger partial charge on any atom is -0.481 e. The van der Waals surface area contributed by atoms with Crippen LogP contribution in [0.2, 0.25) is 0 Å². The molecule has 2 amide bonds. The highest BCUT2D eigenvalue weighted by Gasteiger charge is 2.25. The Morgan fingerprint density at radius 2 is 1.97 bits per heavy atom. The molecule has 1 aliphatic carbocycles. The molecule has 7 heteroatoms. The number of rotatable bonds is 6. The molecule has 3 heterocycles. The van der Waals surface area contributed by atoms with Gasteiger partial charge in [-0.25, -0.2) is 9.78 Å². The average molecular weight is 471 g/mol. The van der Waals surface area contributed by atoms with E-state index in [1.807, 2.05) is 35.4 Å². The van der Waals surface area contributed by atoms with Gasteiger partial charge in [0.2, 0.25) is 5.88 Å². The molecule has 1 saturated heterocycles. The van der Waals surface area contributed by atoms with Gasteiger partial charge in [-0.05, 0) is 61.1 Å². The van der Waals surface area contributed by atoms with Crippen molar-refractivity contribution in [3.05, 3.63) is 77.8 Å². The Bertz CT molecular complexity index is 1200. The number of aromatic nitrogens is 2. The molecule has 1 atom stereocenters. The number of likely N-dealkylation sites (tertiary alicyclic amines) is 1. The number of nitrogens with zero attached hydrogens (tertiary/aromatic N) is 3. The van der Waals surface area contributed by atoms with Gasteiger partial charge in [-0.2, -0.15) is 0 Å². The van der Waals surface area contributed by atoms with E-state index in [9.17, 15) is 4.79 Å². The van der Waals surface area contributed by atoms with Crippen LogP contribution in [0.1, 0.15) is 43.4 Å². The first-order valence-corrected chi connectivity index (χ1v) is 12.1. The Balaban J connectivity index is 1.19. The zero-order chi connectivity index (χ0) is 24.2. The lowest BCUT2D eigenvalue weighted by molar-refractivity contribution is 0.198. The van der Waals surface area contributed by atoms with E-state index in [0.29, 0.717) is 30.6 Å². The molecule has 1 unspecified atom stereocenters. The number of urea groups is 1. The zero-order valence-corrected chi connectivity index (χ0v) is 20.1. The number of piperidine rings is 1. The summed E-state index contributed by atoms with van der Waals surface area (Å²) in [6, 6.07) is 15.6. The molecule has 0 spiro atoms. The quantitative estimate of drug-likeness (QED) is 0.470. The Hall–Kier alpha value is -3.87. The molecule has 180 valence electrons.